The second-order valence-electron chi connectivity index (χ2n) is 6.29. The van der Waals surface area contributed by atoms with E-state index in [0.29, 0.717) is 0 Å². The molecule has 0 unspecified atom stereocenters. The van der Waals surface area contributed by atoms with E-state index in [1.807, 2.05) is 0 Å². The van der Waals surface area contributed by atoms with Crippen LogP contribution in [-0.2, 0) is 19.6 Å². The van der Waals surface area contributed by atoms with E-state index in [0.717, 1.165) is 16.4 Å². The number of nitrogens with zero attached hydrogens (tertiary/aromatic N) is 3. The average molecular weight is 417 g/mol. The molecule has 0 radical (unpaired) electrons. The standard InChI is InChI=1S/C16H19F2N3O3S.CH2O2/c1-20(2)25(22,23)10-11-8-24-9-14(11)21-7-6-19-16(21)15-12(17)4-3-5-13(15)18;2-1-3/h3-7,11,14H,8-10H2,1-2H3;1H,(H,2,3)/t11-,14+;/m0./s1. The second kappa shape index (κ2) is 9.22. The van der Waals surface area contributed by atoms with E-state index < -0.39 is 21.7 Å². The topological polar surface area (TPSA) is 102 Å². The Morgan fingerprint density at radius 1 is 1.32 bits per heavy atom. The number of rotatable bonds is 5. The maximum absolute atomic E-state index is 14.1. The van der Waals surface area contributed by atoms with Gasteiger partial charge in [0.1, 0.15) is 17.5 Å². The summed E-state index contributed by atoms with van der Waals surface area (Å²) >= 11 is 0. The summed E-state index contributed by atoms with van der Waals surface area (Å²) in [6.07, 6.45) is 3.03. The zero-order chi connectivity index (χ0) is 20.9. The smallest absolute Gasteiger partial charge is 0.290 e. The Bertz CT molecular complexity index is 897. The molecule has 11 heteroatoms. The summed E-state index contributed by atoms with van der Waals surface area (Å²) in [4.78, 5) is 12.4. The largest absolute Gasteiger partial charge is 0.483 e. The Morgan fingerprint density at radius 3 is 2.50 bits per heavy atom. The molecule has 1 aliphatic rings. The van der Waals surface area contributed by atoms with Crippen LogP contribution in [0.5, 0.6) is 0 Å². The molecule has 2 aromatic rings. The van der Waals surface area contributed by atoms with E-state index >= 15 is 0 Å². The molecule has 1 aromatic heterocycles. The lowest BCUT2D eigenvalue weighted by Crippen LogP contribution is -2.32. The maximum atomic E-state index is 14.1. The number of hydrogen-bond acceptors (Lipinski definition) is 5. The van der Waals surface area contributed by atoms with E-state index in [9.17, 15) is 17.2 Å². The molecule has 0 spiro atoms. The summed E-state index contributed by atoms with van der Waals surface area (Å²) < 4.78 is 60.8. The summed E-state index contributed by atoms with van der Waals surface area (Å²) in [6, 6.07) is 3.24. The molecule has 28 heavy (non-hydrogen) atoms. The lowest BCUT2D eigenvalue weighted by atomic mass is 10.1. The van der Waals surface area contributed by atoms with Crippen molar-refractivity contribution >= 4 is 16.5 Å². The summed E-state index contributed by atoms with van der Waals surface area (Å²) in [5, 5.41) is 6.89. The molecule has 8 nitrogen and oxygen atoms in total. The van der Waals surface area contributed by atoms with Gasteiger partial charge in [-0.15, -0.1) is 0 Å². The van der Waals surface area contributed by atoms with Crippen molar-refractivity contribution in [2.24, 2.45) is 5.92 Å². The molecule has 1 saturated heterocycles. The van der Waals surface area contributed by atoms with Crippen LogP contribution in [0, 0.1) is 17.6 Å². The molecule has 0 amide bonds. The molecular weight excluding hydrogens is 396 g/mol. The summed E-state index contributed by atoms with van der Waals surface area (Å²) in [6.45, 7) is 0.266. The van der Waals surface area contributed by atoms with Gasteiger partial charge in [0.2, 0.25) is 10.0 Å². The van der Waals surface area contributed by atoms with Gasteiger partial charge in [0.05, 0.1) is 30.6 Å². The molecule has 2 atom stereocenters. The van der Waals surface area contributed by atoms with Crippen LogP contribution >= 0.6 is 0 Å². The van der Waals surface area contributed by atoms with Crippen LogP contribution in [0.25, 0.3) is 11.4 Å². The molecule has 3 rings (SSSR count). The molecule has 2 heterocycles. The third kappa shape index (κ3) is 4.72. The van der Waals surface area contributed by atoms with E-state index in [1.54, 1.807) is 10.8 Å². The highest BCUT2D eigenvalue weighted by Gasteiger charge is 2.35. The number of hydrogen-bond donors (Lipinski definition) is 1. The van der Waals surface area contributed by atoms with Gasteiger partial charge in [-0.05, 0) is 12.1 Å². The SMILES string of the molecule is CN(C)S(=O)(=O)C[C@@H]1COC[C@H]1n1ccnc1-c1c(F)cccc1F.O=CO. The second-order valence-corrected chi connectivity index (χ2v) is 8.51. The first-order valence-electron chi connectivity index (χ1n) is 8.26. The van der Waals surface area contributed by atoms with Gasteiger partial charge in [-0.3, -0.25) is 4.79 Å². The summed E-state index contributed by atoms with van der Waals surface area (Å²) in [5.41, 5.74) is -0.228. The van der Waals surface area contributed by atoms with Crippen molar-refractivity contribution in [2.45, 2.75) is 6.04 Å². The number of benzene rings is 1. The van der Waals surface area contributed by atoms with E-state index in [1.165, 1.54) is 26.4 Å². The molecule has 1 aromatic carbocycles. The van der Waals surface area contributed by atoms with Gasteiger partial charge in [0.25, 0.3) is 6.47 Å². The first-order chi connectivity index (χ1) is 13.2. The van der Waals surface area contributed by atoms with Crippen LogP contribution in [0.3, 0.4) is 0 Å². The van der Waals surface area contributed by atoms with Gasteiger partial charge in [-0.1, -0.05) is 6.07 Å². The van der Waals surface area contributed by atoms with Crippen LogP contribution in [-0.4, -0.2) is 66.9 Å². The normalized spacial score (nSPS) is 19.3. The van der Waals surface area contributed by atoms with Crippen molar-refractivity contribution in [3.05, 3.63) is 42.2 Å². The minimum absolute atomic E-state index is 0.109. The number of halogens is 2. The Balaban J connectivity index is 0.000000878. The molecule has 1 fully saturated rings. The maximum Gasteiger partial charge on any atom is 0.290 e. The van der Waals surface area contributed by atoms with Crippen molar-refractivity contribution in [1.29, 1.82) is 0 Å². The predicted molar refractivity (Wildman–Crippen MR) is 97.1 cm³/mol. The van der Waals surface area contributed by atoms with Crippen molar-refractivity contribution in [3.63, 3.8) is 0 Å². The lowest BCUT2D eigenvalue weighted by molar-refractivity contribution is -0.122. The number of carboxylic acid groups (broad SMARTS) is 1. The zero-order valence-electron chi connectivity index (χ0n) is 15.3. The van der Waals surface area contributed by atoms with Gasteiger partial charge >= 0.3 is 0 Å². The molecule has 1 aliphatic heterocycles. The molecule has 0 saturated carbocycles. The van der Waals surface area contributed by atoms with Crippen LogP contribution in [0.2, 0.25) is 0 Å². The van der Waals surface area contributed by atoms with E-state index in [2.05, 4.69) is 4.98 Å². The highest BCUT2D eigenvalue weighted by atomic mass is 32.2. The molecule has 1 N–H and O–H groups in total. The third-order valence-electron chi connectivity index (χ3n) is 4.36. The number of carbonyl (C=O) groups is 1. The van der Waals surface area contributed by atoms with Crippen LogP contribution in [0.1, 0.15) is 6.04 Å². The molecule has 0 bridgehead atoms. The van der Waals surface area contributed by atoms with Crippen molar-refractivity contribution < 1.29 is 31.8 Å². The predicted octanol–water partition coefficient (Wildman–Crippen LogP) is 1.61. The van der Waals surface area contributed by atoms with Crippen LogP contribution < -0.4 is 0 Å². The Hall–Kier alpha value is -2.37. The van der Waals surface area contributed by atoms with Crippen LogP contribution in [0.15, 0.2) is 30.6 Å². The van der Waals surface area contributed by atoms with Gasteiger partial charge in [0, 0.05) is 32.4 Å². The quantitative estimate of drug-likeness (QED) is 0.742. The number of sulfonamides is 1. The van der Waals surface area contributed by atoms with Gasteiger partial charge in [0.15, 0.2) is 0 Å². The fraction of sp³-hybridized carbons (Fsp3) is 0.412. The fourth-order valence-electron chi connectivity index (χ4n) is 2.96. The van der Waals surface area contributed by atoms with Gasteiger partial charge in [-0.25, -0.2) is 26.5 Å². The lowest BCUT2D eigenvalue weighted by Gasteiger charge is -2.22. The fourth-order valence-corrected chi connectivity index (χ4v) is 4.12. The minimum atomic E-state index is -3.43. The summed E-state index contributed by atoms with van der Waals surface area (Å²) in [7, 11) is -0.488. The van der Waals surface area contributed by atoms with Crippen molar-refractivity contribution in [1.82, 2.24) is 13.9 Å². The Morgan fingerprint density at radius 2 is 1.93 bits per heavy atom. The first kappa shape index (κ1) is 21.9. The molecule has 0 aliphatic carbocycles. The molecule has 154 valence electrons. The highest BCUT2D eigenvalue weighted by Crippen LogP contribution is 2.33. The number of aromatic nitrogens is 2. The van der Waals surface area contributed by atoms with Gasteiger partial charge in [-0.2, -0.15) is 0 Å². The minimum Gasteiger partial charge on any atom is -0.483 e. The van der Waals surface area contributed by atoms with E-state index in [-0.39, 0.29) is 48.8 Å². The average Bonchev–Trinajstić information content (AvgIpc) is 3.24. The highest BCUT2D eigenvalue weighted by molar-refractivity contribution is 7.89. The monoisotopic (exact) mass is 417 g/mol. The molecular formula is C17H21F2N3O5S. The zero-order valence-corrected chi connectivity index (χ0v) is 16.1. The van der Waals surface area contributed by atoms with Crippen molar-refractivity contribution in [3.8, 4) is 11.4 Å². The van der Waals surface area contributed by atoms with Gasteiger partial charge < -0.3 is 14.4 Å². The first-order valence-corrected chi connectivity index (χ1v) is 9.86. The van der Waals surface area contributed by atoms with E-state index in [4.69, 9.17) is 14.6 Å². The summed E-state index contributed by atoms with van der Waals surface area (Å²) in [5.74, 6) is -1.76. The van der Waals surface area contributed by atoms with Crippen molar-refractivity contribution in [2.75, 3.05) is 33.1 Å². The number of ether oxygens (including phenoxy) is 1. The number of imidazole rings is 1. The Kier molecular flexibility index (Phi) is 7.22. The Labute approximate surface area is 161 Å². The third-order valence-corrected chi connectivity index (χ3v) is 6.32. The van der Waals surface area contributed by atoms with Crippen LogP contribution in [0.4, 0.5) is 8.78 Å².